The van der Waals surface area contributed by atoms with E-state index in [0.29, 0.717) is 17.7 Å². The Labute approximate surface area is 90.2 Å². The molecule has 2 rings (SSSR count). The molecule has 1 heterocycles. The highest BCUT2D eigenvalue weighted by molar-refractivity contribution is 4.99. The van der Waals surface area contributed by atoms with Crippen LogP contribution in [0.2, 0.25) is 0 Å². The van der Waals surface area contributed by atoms with Crippen LogP contribution in [-0.2, 0) is 0 Å². The van der Waals surface area contributed by atoms with Gasteiger partial charge in [-0.2, -0.15) is 4.98 Å². The van der Waals surface area contributed by atoms with E-state index in [-0.39, 0.29) is 6.04 Å². The Kier molecular flexibility index (Phi) is 3.05. The molecule has 2 N–H and O–H groups in total. The molecule has 0 bridgehead atoms. The maximum absolute atomic E-state index is 5.96. The maximum atomic E-state index is 5.96. The first-order chi connectivity index (χ1) is 7.18. The van der Waals surface area contributed by atoms with E-state index in [1.807, 2.05) is 0 Å². The summed E-state index contributed by atoms with van der Waals surface area (Å²) in [6.07, 6.45) is 4.91. The van der Waals surface area contributed by atoms with E-state index in [1.165, 1.54) is 25.7 Å². The average Bonchev–Trinajstić information content (AvgIpc) is 2.86. The zero-order valence-electron chi connectivity index (χ0n) is 9.44. The molecule has 1 fully saturated rings. The van der Waals surface area contributed by atoms with E-state index in [0.717, 1.165) is 5.89 Å². The largest absolute Gasteiger partial charge is 0.339 e. The Morgan fingerprint density at radius 2 is 2.00 bits per heavy atom. The summed E-state index contributed by atoms with van der Waals surface area (Å²) < 4.78 is 5.28. The van der Waals surface area contributed by atoms with Gasteiger partial charge in [-0.15, -0.1) is 0 Å². The van der Waals surface area contributed by atoms with Crippen LogP contribution in [0.15, 0.2) is 4.52 Å². The third-order valence-electron chi connectivity index (χ3n) is 3.18. The van der Waals surface area contributed by atoms with Crippen LogP contribution in [0.4, 0.5) is 0 Å². The molecule has 1 aliphatic rings. The zero-order valence-corrected chi connectivity index (χ0v) is 9.44. The fourth-order valence-electron chi connectivity index (χ4n) is 2.02. The molecule has 0 radical (unpaired) electrons. The fraction of sp³-hybridized carbons (Fsp3) is 0.818. The summed E-state index contributed by atoms with van der Waals surface area (Å²) in [5.41, 5.74) is 5.96. The summed E-state index contributed by atoms with van der Waals surface area (Å²) in [5.74, 6) is 2.27. The normalized spacial score (nSPS) is 20.0. The topological polar surface area (TPSA) is 64.9 Å². The number of hydrogen-bond donors (Lipinski definition) is 1. The van der Waals surface area contributed by atoms with Gasteiger partial charge in [0.05, 0.1) is 6.04 Å². The van der Waals surface area contributed by atoms with Crippen molar-refractivity contribution in [3.05, 3.63) is 11.7 Å². The first kappa shape index (κ1) is 10.6. The highest BCUT2D eigenvalue weighted by Crippen LogP contribution is 2.33. The predicted molar refractivity (Wildman–Crippen MR) is 57.3 cm³/mol. The lowest BCUT2D eigenvalue weighted by Gasteiger charge is -2.09. The standard InChI is InChI=1S/C11H19N3O/c1-7(2)9(12)10-13-11(15-14-10)8-5-3-4-6-8/h7-9H,3-6,12H2,1-2H3. The third kappa shape index (κ3) is 2.20. The summed E-state index contributed by atoms with van der Waals surface area (Å²) in [6.45, 7) is 4.13. The molecular formula is C11H19N3O. The van der Waals surface area contributed by atoms with Crippen LogP contribution < -0.4 is 5.73 Å². The molecule has 84 valence electrons. The smallest absolute Gasteiger partial charge is 0.229 e. The van der Waals surface area contributed by atoms with Crippen molar-refractivity contribution in [2.75, 3.05) is 0 Å². The number of rotatable bonds is 3. The molecular weight excluding hydrogens is 190 g/mol. The minimum absolute atomic E-state index is 0.107. The summed E-state index contributed by atoms with van der Waals surface area (Å²) in [4.78, 5) is 4.41. The molecule has 0 saturated heterocycles. The van der Waals surface area contributed by atoms with Gasteiger partial charge in [-0.05, 0) is 18.8 Å². The van der Waals surface area contributed by atoms with Crippen molar-refractivity contribution in [3.8, 4) is 0 Å². The average molecular weight is 209 g/mol. The van der Waals surface area contributed by atoms with Gasteiger partial charge < -0.3 is 10.3 Å². The van der Waals surface area contributed by atoms with Crippen molar-refractivity contribution in [2.24, 2.45) is 11.7 Å². The highest BCUT2D eigenvalue weighted by atomic mass is 16.5. The summed E-state index contributed by atoms with van der Waals surface area (Å²) in [7, 11) is 0. The molecule has 1 atom stereocenters. The van der Waals surface area contributed by atoms with Crippen LogP contribution in [-0.4, -0.2) is 10.1 Å². The molecule has 1 unspecified atom stereocenters. The molecule has 1 aromatic heterocycles. The predicted octanol–water partition coefficient (Wildman–Crippen LogP) is 2.38. The quantitative estimate of drug-likeness (QED) is 0.830. The summed E-state index contributed by atoms with van der Waals surface area (Å²) in [5, 5.41) is 3.97. The monoisotopic (exact) mass is 209 g/mol. The van der Waals surface area contributed by atoms with Crippen molar-refractivity contribution in [2.45, 2.75) is 51.5 Å². The lowest BCUT2D eigenvalue weighted by atomic mass is 10.1. The fourth-order valence-corrected chi connectivity index (χ4v) is 2.02. The van der Waals surface area contributed by atoms with Crippen LogP contribution in [0.1, 0.15) is 63.2 Å². The van der Waals surface area contributed by atoms with Crippen LogP contribution >= 0.6 is 0 Å². The minimum atomic E-state index is -0.107. The number of nitrogens with zero attached hydrogens (tertiary/aromatic N) is 2. The number of aromatic nitrogens is 2. The molecule has 0 amide bonds. The van der Waals surface area contributed by atoms with E-state index < -0.39 is 0 Å². The Morgan fingerprint density at radius 3 is 2.60 bits per heavy atom. The van der Waals surface area contributed by atoms with Crippen molar-refractivity contribution in [1.29, 1.82) is 0 Å². The lowest BCUT2D eigenvalue weighted by molar-refractivity contribution is 0.343. The van der Waals surface area contributed by atoms with Gasteiger partial charge in [0.25, 0.3) is 0 Å². The van der Waals surface area contributed by atoms with Gasteiger partial charge >= 0.3 is 0 Å². The molecule has 0 aliphatic heterocycles. The molecule has 1 saturated carbocycles. The van der Waals surface area contributed by atoms with Gasteiger partial charge in [0.1, 0.15) is 0 Å². The first-order valence-corrected chi connectivity index (χ1v) is 5.77. The van der Waals surface area contributed by atoms with Crippen molar-refractivity contribution < 1.29 is 4.52 Å². The van der Waals surface area contributed by atoms with Crippen molar-refractivity contribution in [1.82, 2.24) is 10.1 Å². The van der Waals surface area contributed by atoms with Crippen LogP contribution in [0.5, 0.6) is 0 Å². The van der Waals surface area contributed by atoms with Gasteiger partial charge in [-0.25, -0.2) is 0 Å². The zero-order chi connectivity index (χ0) is 10.8. The molecule has 4 nitrogen and oxygen atoms in total. The molecule has 1 aliphatic carbocycles. The van der Waals surface area contributed by atoms with Gasteiger partial charge in [0.15, 0.2) is 5.82 Å². The maximum Gasteiger partial charge on any atom is 0.229 e. The SMILES string of the molecule is CC(C)C(N)c1noc(C2CCCC2)n1. The van der Waals surface area contributed by atoms with E-state index in [9.17, 15) is 0 Å². The minimum Gasteiger partial charge on any atom is -0.339 e. The lowest BCUT2D eigenvalue weighted by Crippen LogP contribution is -2.18. The number of nitrogens with two attached hydrogens (primary N) is 1. The van der Waals surface area contributed by atoms with Crippen LogP contribution in [0.25, 0.3) is 0 Å². The van der Waals surface area contributed by atoms with E-state index in [1.54, 1.807) is 0 Å². The van der Waals surface area contributed by atoms with Crippen molar-refractivity contribution in [3.63, 3.8) is 0 Å². The molecule has 4 heteroatoms. The second kappa shape index (κ2) is 4.31. The Bertz CT molecular complexity index is 299. The van der Waals surface area contributed by atoms with Gasteiger partial charge in [-0.3, -0.25) is 0 Å². The summed E-state index contributed by atoms with van der Waals surface area (Å²) >= 11 is 0. The van der Waals surface area contributed by atoms with E-state index >= 15 is 0 Å². The Hall–Kier alpha value is -0.900. The third-order valence-corrected chi connectivity index (χ3v) is 3.18. The van der Waals surface area contributed by atoms with E-state index in [4.69, 9.17) is 10.3 Å². The molecule has 1 aromatic rings. The highest BCUT2D eigenvalue weighted by Gasteiger charge is 2.25. The molecule has 0 spiro atoms. The Morgan fingerprint density at radius 1 is 1.33 bits per heavy atom. The summed E-state index contributed by atoms with van der Waals surface area (Å²) in [6, 6.07) is -0.107. The van der Waals surface area contributed by atoms with Gasteiger partial charge in [0.2, 0.25) is 5.89 Å². The first-order valence-electron chi connectivity index (χ1n) is 5.77. The van der Waals surface area contributed by atoms with Gasteiger partial charge in [0, 0.05) is 5.92 Å². The van der Waals surface area contributed by atoms with Gasteiger partial charge in [-0.1, -0.05) is 31.8 Å². The molecule has 0 aromatic carbocycles. The van der Waals surface area contributed by atoms with Crippen molar-refractivity contribution >= 4 is 0 Å². The van der Waals surface area contributed by atoms with E-state index in [2.05, 4.69) is 24.0 Å². The Balaban J connectivity index is 2.09. The molecule has 15 heavy (non-hydrogen) atoms. The number of hydrogen-bond acceptors (Lipinski definition) is 4. The second-order valence-corrected chi connectivity index (χ2v) is 4.74. The van der Waals surface area contributed by atoms with Crippen LogP contribution in [0.3, 0.4) is 0 Å². The van der Waals surface area contributed by atoms with Crippen LogP contribution in [0, 0.1) is 5.92 Å². The second-order valence-electron chi connectivity index (χ2n) is 4.74.